The molecule has 21 heavy (non-hydrogen) atoms. The van der Waals surface area contributed by atoms with Crippen molar-refractivity contribution in [1.29, 1.82) is 0 Å². The van der Waals surface area contributed by atoms with Gasteiger partial charge in [0.25, 0.3) is 5.91 Å². The van der Waals surface area contributed by atoms with E-state index in [4.69, 9.17) is 10.6 Å². The highest BCUT2D eigenvalue weighted by Gasteiger charge is 2.14. The molecular weight excluding hydrogens is 268 g/mol. The molecule has 1 aromatic rings. The number of carbonyl (C=O) groups is 1. The topological polar surface area (TPSA) is 89.3 Å². The van der Waals surface area contributed by atoms with Gasteiger partial charge in [-0.05, 0) is 25.0 Å². The van der Waals surface area contributed by atoms with Crippen molar-refractivity contribution < 1.29 is 9.53 Å². The number of pyridine rings is 1. The van der Waals surface area contributed by atoms with E-state index in [-0.39, 0.29) is 11.9 Å². The molecule has 0 aliphatic rings. The van der Waals surface area contributed by atoms with E-state index < -0.39 is 0 Å². The van der Waals surface area contributed by atoms with Gasteiger partial charge in [0.1, 0.15) is 5.82 Å². The molecule has 6 nitrogen and oxygen atoms in total. The van der Waals surface area contributed by atoms with E-state index in [0.29, 0.717) is 18.0 Å². The first-order chi connectivity index (χ1) is 10.1. The van der Waals surface area contributed by atoms with E-state index >= 15 is 0 Å². The van der Waals surface area contributed by atoms with Gasteiger partial charge in [-0.2, -0.15) is 0 Å². The van der Waals surface area contributed by atoms with Crippen LogP contribution >= 0.6 is 0 Å². The van der Waals surface area contributed by atoms with Crippen LogP contribution in [0.1, 0.15) is 49.2 Å². The van der Waals surface area contributed by atoms with Gasteiger partial charge in [-0.1, -0.05) is 26.7 Å². The molecule has 1 amide bonds. The van der Waals surface area contributed by atoms with Gasteiger partial charge in [0, 0.05) is 18.4 Å². The fourth-order valence-electron chi connectivity index (χ4n) is 2.19. The Morgan fingerprint density at radius 2 is 2.14 bits per heavy atom. The molecule has 6 heteroatoms. The van der Waals surface area contributed by atoms with Crippen molar-refractivity contribution >= 4 is 11.7 Å². The van der Waals surface area contributed by atoms with Gasteiger partial charge in [0.15, 0.2) is 0 Å². The fourth-order valence-corrected chi connectivity index (χ4v) is 2.19. The number of hydrogen-bond donors (Lipinski definition) is 3. The van der Waals surface area contributed by atoms with Gasteiger partial charge in [-0.25, -0.2) is 10.8 Å². The van der Waals surface area contributed by atoms with Crippen molar-refractivity contribution in [1.82, 2.24) is 10.3 Å². The Morgan fingerprint density at radius 1 is 1.38 bits per heavy atom. The number of amides is 1. The summed E-state index contributed by atoms with van der Waals surface area (Å²) >= 11 is 0. The highest BCUT2D eigenvalue weighted by atomic mass is 16.5. The van der Waals surface area contributed by atoms with E-state index in [1.54, 1.807) is 13.2 Å². The second-order valence-electron chi connectivity index (χ2n) is 5.04. The van der Waals surface area contributed by atoms with Crippen LogP contribution in [-0.4, -0.2) is 30.6 Å². The van der Waals surface area contributed by atoms with E-state index in [9.17, 15) is 4.79 Å². The minimum atomic E-state index is -0.123. The second-order valence-corrected chi connectivity index (χ2v) is 5.04. The number of nitrogen functional groups attached to an aromatic ring is 1. The normalized spacial score (nSPS) is 12.0. The summed E-state index contributed by atoms with van der Waals surface area (Å²) in [5.74, 6) is 5.80. The second kappa shape index (κ2) is 9.31. The average molecular weight is 294 g/mol. The van der Waals surface area contributed by atoms with Crippen molar-refractivity contribution in [3.63, 3.8) is 0 Å². The Bertz CT molecular complexity index is 445. The average Bonchev–Trinajstić information content (AvgIpc) is 2.47. The molecule has 0 saturated carbocycles. The van der Waals surface area contributed by atoms with Crippen LogP contribution in [0.15, 0.2) is 12.1 Å². The Morgan fingerprint density at radius 3 is 2.71 bits per heavy atom. The summed E-state index contributed by atoms with van der Waals surface area (Å²) in [6.45, 7) is 4.66. The molecule has 0 aliphatic heterocycles. The number of aromatic nitrogens is 1. The third kappa shape index (κ3) is 5.69. The van der Waals surface area contributed by atoms with Crippen LogP contribution < -0.4 is 16.6 Å². The molecule has 0 radical (unpaired) electrons. The van der Waals surface area contributed by atoms with Crippen molar-refractivity contribution in [2.75, 3.05) is 19.1 Å². The third-order valence-corrected chi connectivity index (χ3v) is 3.13. The summed E-state index contributed by atoms with van der Waals surface area (Å²) in [6.07, 6.45) is 3.65. The van der Waals surface area contributed by atoms with Crippen LogP contribution in [0.4, 0.5) is 5.82 Å². The SMILES string of the molecule is CCCc1cc(C(=O)NC(CCC)COC)cc(NN)n1. The lowest BCUT2D eigenvalue weighted by molar-refractivity contribution is 0.0891. The Balaban J connectivity index is 2.86. The zero-order chi connectivity index (χ0) is 15.7. The highest BCUT2D eigenvalue weighted by molar-refractivity contribution is 5.95. The third-order valence-electron chi connectivity index (χ3n) is 3.13. The number of carbonyl (C=O) groups excluding carboxylic acids is 1. The first-order valence-corrected chi connectivity index (χ1v) is 7.41. The van der Waals surface area contributed by atoms with Crippen molar-refractivity contribution in [3.8, 4) is 0 Å². The van der Waals surface area contributed by atoms with Crippen LogP contribution in [0, 0.1) is 0 Å². The molecule has 1 heterocycles. The predicted octanol–water partition coefficient (Wildman–Crippen LogP) is 1.86. The van der Waals surface area contributed by atoms with Crippen LogP contribution in [0.5, 0.6) is 0 Å². The lowest BCUT2D eigenvalue weighted by Gasteiger charge is -2.17. The van der Waals surface area contributed by atoms with E-state index in [1.165, 1.54) is 0 Å². The lowest BCUT2D eigenvalue weighted by atomic mass is 10.1. The van der Waals surface area contributed by atoms with Crippen molar-refractivity contribution in [2.45, 2.75) is 45.6 Å². The summed E-state index contributed by atoms with van der Waals surface area (Å²) in [6, 6.07) is 3.49. The van der Waals surface area contributed by atoms with Gasteiger partial charge < -0.3 is 15.5 Å². The molecule has 0 aromatic carbocycles. The molecule has 1 aromatic heterocycles. The zero-order valence-electron chi connectivity index (χ0n) is 13.1. The van der Waals surface area contributed by atoms with Crippen molar-refractivity contribution in [2.24, 2.45) is 5.84 Å². The van der Waals surface area contributed by atoms with Crippen LogP contribution in [0.25, 0.3) is 0 Å². The highest BCUT2D eigenvalue weighted by Crippen LogP contribution is 2.12. The maximum atomic E-state index is 12.4. The molecule has 1 unspecified atom stereocenters. The zero-order valence-corrected chi connectivity index (χ0v) is 13.1. The van der Waals surface area contributed by atoms with Gasteiger partial charge >= 0.3 is 0 Å². The maximum absolute atomic E-state index is 12.4. The summed E-state index contributed by atoms with van der Waals surface area (Å²) in [5.41, 5.74) is 3.94. The molecule has 118 valence electrons. The summed E-state index contributed by atoms with van der Waals surface area (Å²) in [7, 11) is 1.64. The molecule has 1 rings (SSSR count). The Hall–Kier alpha value is -1.66. The first-order valence-electron chi connectivity index (χ1n) is 7.41. The number of aryl methyl sites for hydroxylation is 1. The van der Waals surface area contributed by atoms with Gasteiger partial charge in [-0.3, -0.25) is 4.79 Å². The number of anilines is 1. The number of hydrazine groups is 1. The molecule has 0 aliphatic carbocycles. The molecule has 0 fully saturated rings. The lowest BCUT2D eigenvalue weighted by Crippen LogP contribution is -2.38. The van der Waals surface area contributed by atoms with E-state index in [1.807, 2.05) is 6.07 Å². The number of methoxy groups -OCH3 is 1. The van der Waals surface area contributed by atoms with Gasteiger partial charge in [0.2, 0.25) is 0 Å². The van der Waals surface area contributed by atoms with E-state index in [0.717, 1.165) is 31.4 Å². The smallest absolute Gasteiger partial charge is 0.251 e. The summed E-state index contributed by atoms with van der Waals surface area (Å²) in [5, 5.41) is 3.00. The van der Waals surface area contributed by atoms with Crippen LogP contribution in [0.2, 0.25) is 0 Å². The molecular formula is C15H26N4O2. The monoisotopic (exact) mass is 294 g/mol. The maximum Gasteiger partial charge on any atom is 0.251 e. The number of nitrogens with two attached hydrogens (primary N) is 1. The van der Waals surface area contributed by atoms with E-state index in [2.05, 4.69) is 29.6 Å². The Labute approximate surface area is 126 Å². The number of rotatable bonds is 9. The number of nitrogens with one attached hydrogen (secondary N) is 2. The van der Waals surface area contributed by atoms with Gasteiger partial charge in [-0.15, -0.1) is 0 Å². The minimum absolute atomic E-state index is 0.0181. The summed E-state index contributed by atoms with van der Waals surface area (Å²) in [4.78, 5) is 16.7. The molecule has 4 N–H and O–H groups in total. The van der Waals surface area contributed by atoms with Crippen LogP contribution in [0.3, 0.4) is 0 Å². The minimum Gasteiger partial charge on any atom is -0.383 e. The standard InChI is InChI=1S/C15H26N4O2/c1-4-6-12-8-11(9-14(17-12)19-16)15(20)18-13(7-5-2)10-21-3/h8-9,13H,4-7,10,16H2,1-3H3,(H,17,19)(H,18,20). The number of nitrogens with zero attached hydrogens (tertiary/aromatic N) is 1. The van der Waals surface area contributed by atoms with Gasteiger partial charge in [0.05, 0.1) is 12.6 Å². The predicted molar refractivity (Wildman–Crippen MR) is 84.1 cm³/mol. The molecule has 0 saturated heterocycles. The number of hydrogen-bond acceptors (Lipinski definition) is 5. The largest absolute Gasteiger partial charge is 0.383 e. The summed E-state index contributed by atoms with van der Waals surface area (Å²) < 4.78 is 5.14. The first kappa shape index (κ1) is 17.4. The molecule has 0 spiro atoms. The fraction of sp³-hybridized carbons (Fsp3) is 0.600. The quantitative estimate of drug-likeness (QED) is 0.478. The molecule has 0 bridgehead atoms. The van der Waals surface area contributed by atoms with Crippen LogP contribution in [-0.2, 0) is 11.2 Å². The molecule has 1 atom stereocenters. The Kier molecular flexibility index (Phi) is 7.71. The number of ether oxygens (including phenoxy) is 1. The van der Waals surface area contributed by atoms with Crippen molar-refractivity contribution in [3.05, 3.63) is 23.4 Å².